The van der Waals surface area contributed by atoms with E-state index < -0.39 is 0 Å². The summed E-state index contributed by atoms with van der Waals surface area (Å²) in [4.78, 5) is 27.6. The number of amides is 2. The van der Waals surface area contributed by atoms with Gasteiger partial charge in [-0.3, -0.25) is 14.5 Å². The van der Waals surface area contributed by atoms with Crippen LogP contribution in [0.3, 0.4) is 0 Å². The Bertz CT molecular complexity index is 743. The van der Waals surface area contributed by atoms with E-state index in [-0.39, 0.29) is 23.3 Å². The third kappa shape index (κ3) is 5.42. The second kappa shape index (κ2) is 8.88. The normalized spacial score (nSPS) is 18.2. The molecule has 0 atom stereocenters. The lowest BCUT2D eigenvalue weighted by Gasteiger charge is -2.35. The largest absolute Gasteiger partial charge is 0.379 e. The first-order chi connectivity index (χ1) is 13.3. The van der Waals surface area contributed by atoms with E-state index in [1.54, 1.807) is 6.07 Å². The predicted molar refractivity (Wildman–Crippen MR) is 110 cm³/mol. The summed E-state index contributed by atoms with van der Waals surface area (Å²) in [6.45, 7) is 10.0. The summed E-state index contributed by atoms with van der Waals surface area (Å²) < 4.78 is 5.39. The number of nitrogens with one attached hydrogen (secondary N) is 2. The highest BCUT2D eigenvalue weighted by molar-refractivity contribution is 5.98. The first-order valence-electron chi connectivity index (χ1n) is 10.0. The van der Waals surface area contributed by atoms with E-state index in [1.807, 2.05) is 45.1 Å². The molecule has 152 valence electrons. The van der Waals surface area contributed by atoms with Gasteiger partial charge in [0, 0.05) is 42.3 Å². The second-order valence-corrected chi connectivity index (χ2v) is 8.39. The lowest BCUT2D eigenvalue weighted by Crippen LogP contribution is -2.53. The van der Waals surface area contributed by atoms with E-state index in [0.29, 0.717) is 11.3 Å². The lowest BCUT2D eigenvalue weighted by atomic mass is 10.0. The fraction of sp³-hybridized carbons (Fsp3) is 0.545. The van der Waals surface area contributed by atoms with Crippen LogP contribution in [0.2, 0.25) is 0 Å². The average molecular weight is 386 g/mol. The highest BCUT2D eigenvalue weighted by Gasteiger charge is 2.26. The average Bonchev–Trinajstić information content (AvgIpc) is 3.18. The van der Waals surface area contributed by atoms with Gasteiger partial charge in [-0.1, -0.05) is 18.2 Å². The maximum absolute atomic E-state index is 12.8. The minimum atomic E-state index is -0.363. The Kier molecular flexibility index (Phi) is 6.52. The molecule has 6 nitrogen and oxygen atoms in total. The number of ether oxygens (including phenoxy) is 1. The molecule has 0 spiro atoms. The summed E-state index contributed by atoms with van der Waals surface area (Å²) in [6.07, 6.45) is 5.64. The van der Waals surface area contributed by atoms with Crippen LogP contribution >= 0.6 is 0 Å². The Hall–Kier alpha value is -2.18. The van der Waals surface area contributed by atoms with E-state index >= 15 is 0 Å². The number of hydrogen-bond acceptors (Lipinski definition) is 4. The number of anilines is 1. The van der Waals surface area contributed by atoms with Crippen molar-refractivity contribution in [2.24, 2.45) is 5.92 Å². The van der Waals surface area contributed by atoms with Gasteiger partial charge < -0.3 is 15.4 Å². The van der Waals surface area contributed by atoms with E-state index in [4.69, 9.17) is 4.74 Å². The minimum absolute atomic E-state index is 0.00987. The van der Waals surface area contributed by atoms with Crippen LogP contribution in [0.25, 0.3) is 0 Å². The minimum Gasteiger partial charge on any atom is -0.379 e. The Morgan fingerprint density at radius 1 is 1.18 bits per heavy atom. The van der Waals surface area contributed by atoms with Crippen molar-refractivity contribution >= 4 is 17.5 Å². The van der Waals surface area contributed by atoms with Gasteiger partial charge in [0.25, 0.3) is 5.91 Å². The fourth-order valence-corrected chi connectivity index (χ4v) is 3.70. The maximum Gasteiger partial charge on any atom is 0.251 e. The molecule has 1 aliphatic heterocycles. The molecule has 1 saturated heterocycles. The number of hydrogen-bond donors (Lipinski definition) is 2. The van der Waals surface area contributed by atoms with E-state index in [9.17, 15) is 9.59 Å². The van der Waals surface area contributed by atoms with Crippen molar-refractivity contribution in [2.75, 3.05) is 38.2 Å². The van der Waals surface area contributed by atoms with Crippen LogP contribution < -0.4 is 10.6 Å². The fourth-order valence-electron chi connectivity index (χ4n) is 3.70. The maximum atomic E-state index is 12.8. The molecule has 6 heteroatoms. The van der Waals surface area contributed by atoms with Gasteiger partial charge in [0.15, 0.2) is 0 Å². The van der Waals surface area contributed by atoms with Gasteiger partial charge in [0.2, 0.25) is 5.91 Å². The van der Waals surface area contributed by atoms with Gasteiger partial charge in [-0.25, -0.2) is 0 Å². The van der Waals surface area contributed by atoms with Crippen LogP contribution in [0.15, 0.2) is 30.4 Å². The SMILES string of the molecule is Cc1ccc(C(=O)NC(C)(C)CN2CCOCC2)cc1NC(=O)C1CC=CC1. The molecule has 2 aliphatic rings. The van der Waals surface area contributed by atoms with Crippen LogP contribution in [-0.4, -0.2) is 55.1 Å². The first-order valence-corrected chi connectivity index (χ1v) is 10.0. The van der Waals surface area contributed by atoms with Gasteiger partial charge in [-0.2, -0.15) is 0 Å². The lowest BCUT2D eigenvalue weighted by molar-refractivity contribution is -0.119. The topological polar surface area (TPSA) is 70.7 Å². The standard InChI is InChI=1S/C22H31N3O3/c1-16-8-9-18(14-19(16)23-20(26)17-6-4-5-7-17)21(27)24-22(2,3)15-25-10-12-28-13-11-25/h4-5,8-9,14,17H,6-7,10-13,15H2,1-3H3,(H,23,26)(H,24,27). The van der Waals surface area contributed by atoms with Gasteiger partial charge in [-0.15, -0.1) is 0 Å². The molecule has 0 bridgehead atoms. The van der Waals surface area contributed by atoms with Crippen LogP contribution in [0.5, 0.6) is 0 Å². The predicted octanol–water partition coefficient (Wildman–Crippen LogP) is 2.74. The van der Waals surface area contributed by atoms with E-state index in [2.05, 4.69) is 15.5 Å². The molecule has 1 aliphatic carbocycles. The number of benzene rings is 1. The number of rotatable bonds is 6. The summed E-state index contributed by atoms with van der Waals surface area (Å²) in [5.41, 5.74) is 1.84. The summed E-state index contributed by atoms with van der Waals surface area (Å²) in [7, 11) is 0. The number of carbonyl (C=O) groups excluding carboxylic acids is 2. The van der Waals surface area contributed by atoms with Crippen molar-refractivity contribution in [1.82, 2.24) is 10.2 Å². The van der Waals surface area contributed by atoms with Gasteiger partial charge in [0.05, 0.1) is 13.2 Å². The van der Waals surface area contributed by atoms with Crippen molar-refractivity contribution < 1.29 is 14.3 Å². The molecule has 0 unspecified atom stereocenters. The molecule has 1 aromatic carbocycles. The summed E-state index contributed by atoms with van der Waals surface area (Å²) >= 11 is 0. The van der Waals surface area contributed by atoms with Crippen molar-refractivity contribution in [2.45, 2.75) is 39.2 Å². The Labute approximate surface area is 167 Å². The van der Waals surface area contributed by atoms with Gasteiger partial charge >= 0.3 is 0 Å². The Balaban J connectivity index is 1.63. The summed E-state index contributed by atoms with van der Waals surface area (Å²) in [5.74, 6) is -0.126. The van der Waals surface area contributed by atoms with Crippen LogP contribution in [0.4, 0.5) is 5.69 Å². The molecule has 3 rings (SSSR count). The van der Waals surface area contributed by atoms with Crippen molar-refractivity contribution in [1.29, 1.82) is 0 Å². The summed E-state index contributed by atoms with van der Waals surface area (Å²) in [5, 5.41) is 6.13. The highest BCUT2D eigenvalue weighted by atomic mass is 16.5. The molecule has 0 saturated carbocycles. The van der Waals surface area contributed by atoms with Crippen molar-refractivity contribution in [3.05, 3.63) is 41.5 Å². The molecule has 2 N–H and O–H groups in total. The number of allylic oxidation sites excluding steroid dienone is 2. The first kappa shape index (κ1) is 20.6. The quantitative estimate of drug-likeness (QED) is 0.739. The zero-order chi connectivity index (χ0) is 20.1. The monoisotopic (exact) mass is 385 g/mol. The third-order valence-electron chi connectivity index (χ3n) is 5.31. The molecular weight excluding hydrogens is 354 g/mol. The number of carbonyl (C=O) groups is 2. The van der Waals surface area contributed by atoms with Crippen LogP contribution in [-0.2, 0) is 9.53 Å². The highest BCUT2D eigenvalue weighted by Crippen LogP contribution is 2.23. The number of morpholine rings is 1. The van der Waals surface area contributed by atoms with E-state index in [0.717, 1.165) is 51.3 Å². The molecule has 0 radical (unpaired) electrons. The molecule has 0 aromatic heterocycles. The van der Waals surface area contributed by atoms with Crippen molar-refractivity contribution in [3.63, 3.8) is 0 Å². The Morgan fingerprint density at radius 2 is 1.86 bits per heavy atom. The molecular formula is C22H31N3O3. The Morgan fingerprint density at radius 3 is 2.54 bits per heavy atom. The summed E-state index contributed by atoms with van der Waals surface area (Å²) in [6, 6.07) is 5.46. The van der Waals surface area contributed by atoms with Crippen molar-refractivity contribution in [3.8, 4) is 0 Å². The smallest absolute Gasteiger partial charge is 0.251 e. The van der Waals surface area contributed by atoms with E-state index in [1.165, 1.54) is 0 Å². The van der Waals surface area contributed by atoms with Gasteiger partial charge in [0.1, 0.15) is 0 Å². The molecule has 2 amide bonds. The zero-order valence-electron chi connectivity index (χ0n) is 17.1. The third-order valence-corrected chi connectivity index (χ3v) is 5.31. The number of aryl methyl sites for hydroxylation is 1. The zero-order valence-corrected chi connectivity index (χ0v) is 17.1. The van der Waals surface area contributed by atoms with Gasteiger partial charge in [-0.05, 0) is 51.3 Å². The van der Waals surface area contributed by atoms with Crippen LogP contribution in [0.1, 0.15) is 42.6 Å². The molecule has 28 heavy (non-hydrogen) atoms. The number of nitrogens with zero attached hydrogens (tertiary/aromatic N) is 1. The molecule has 1 heterocycles. The second-order valence-electron chi connectivity index (χ2n) is 8.39. The van der Waals surface area contributed by atoms with Crippen LogP contribution in [0, 0.1) is 12.8 Å². The molecule has 1 aromatic rings. The molecule has 1 fully saturated rings.